The highest BCUT2D eigenvalue weighted by atomic mass is 16.1. The van der Waals surface area contributed by atoms with Gasteiger partial charge in [-0.2, -0.15) is 0 Å². The molecule has 3 aromatic rings. The van der Waals surface area contributed by atoms with Crippen molar-refractivity contribution in [2.45, 2.75) is 46.0 Å². The molecule has 0 fully saturated rings. The number of carbonyl (C=O) groups excluding carboxylic acids is 1. The van der Waals surface area contributed by atoms with E-state index in [9.17, 15) is 4.79 Å². The molecule has 0 heterocycles. The van der Waals surface area contributed by atoms with Gasteiger partial charge in [-0.15, -0.1) is 0 Å². The van der Waals surface area contributed by atoms with Crippen molar-refractivity contribution in [2.24, 2.45) is 0 Å². The Morgan fingerprint density at radius 3 is 2.41 bits per heavy atom. The van der Waals surface area contributed by atoms with Crippen LogP contribution in [-0.2, 0) is 0 Å². The molecule has 0 bridgehead atoms. The van der Waals surface area contributed by atoms with Gasteiger partial charge in [0, 0.05) is 5.56 Å². The summed E-state index contributed by atoms with van der Waals surface area (Å²) in [5.41, 5.74) is 5.75. The van der Waals surface area contributed by atoms with Crippen molar-refractivity contribution in [3.8, 4) is 0 Å². The predicted molar refractivity (Wildman–Crippen MR) is 117 cm³/mol. The molecule has 0 aromatic heterocycles. The van der Waals surface area contributed by atoms with Gasteiger partial charge in [-0.3, -0.25) is 4.79 Å². The zero-order valence-corrected chi connectivity index (χ0v) is 16.7. The van der Waals surface area contributed by atoms with Crippen molar-refractivity contribution in [1.82, 2.24) is 0 Å². The van der Waals surface area contributed by atoms with Gasteiger partial charge in [0.25, 0.3) is 0 Å². The second-order valence-corrected chi connectivity index (χ2v) is 7.71. The second-order valence-electron chi connectivity index (χ2n) is 7.71. The first-order valence-corrected chi connectivity index (χ1v) is 9.75. The summed E-state index contributed by atoms with van der Waals surface area (Å²) < 4.78 is 0. The van der Waals surface area contributed by atoms with Crippen LogP contribution in [0.4, 0.5) is 0 Å². The van der Waals surface area contributed by atoms with E-state index in [1.54, 1.807) is 0 Å². The smallest absolute Gasteiger partial charge is 0.151 e. The van der Waals surface area contributed by atoms with Gasteiger partial charge in [0.05, 0.1) is 0 Å². The maximum atomic E-state index is 11.8. The Bertz CT molecular complexity index is 978. The maximum Gasteiger partial charge on any atom is 0.151 e. The normalized spacial score (nSPS) is 13.1. The molecule has 3 aromatic carbocycles. The molecule has 0 radical (unpaired) electrons. The molecular formula is C26H28O. The summed E-state index contributed by atoms with van der Waals surface area (Å²) in [4.78, 5) is 11.8. The summed E-state index contributed by atoms with van der Waals surface area (Å²) >= 11 is 0. The lowest BCUT2D eigenvalue weighted by Crippen LogP contribution is -1.96. The van der Waals surface area contributed by atoms with Gasteiger partial charge in [0.2, 0.25) is 0 Å². The van der Waals surface area contributed by atoms with Gasteiger partial charge in [0.15, 0.2) is 6.29 Å². The molecule has 3 rings (SSSR count). The molecule has 1 nitrogen and oxygen atoms in total. The average molecular weight is 357 g/mol. The Balaban J connectivity index is 1.87. The molecule has 0 saturated carbocycles. The van der Waals surface area contributed by atoms with Gasteiger partial charge in [-0.05, 0) is 58.2 Å². The molecule has 27 heavy (non-hydrogen) atoms. The van der Waals surface area contributed by atoms with E-state index in [2.05, 4.69) is 76.2 Å². The van der Waals surface area contributed by atoms with Gasteiger partial charge in [-0.25, -0.2) is 0 Å². The van der Waals surface area contributed by atoms with E-state index in [-0.39, 0.29) is 0 Å². The molecule has 0 aliphatic rings. The standard InChI is InChI=1S/C26H28O/c1-18(2)22-9-7-10-23(16-22)19(3)12-13-20(4)24-15-14-21-8-5-6-11-25(21)26(24)17-27/h5-11,13-19H,12H2,1-4H3. The highest BCUT2D eigenvalue weighted by molar-refractivity contribution is 6.02. The van der Waals surface area contributed by atoms with Crippen molar-refractivity contribution in [3.05, 3.63) is 89.0 Å². The van der Waals surface area contributed by atoms with Crippen LogP contribution in [0.25, 0.3) is 16.3 Å². The Labute approximate surface area is 162 Å². The minimum absolute atomic E-state index is 0.443. The van der Waals surface area contributed by atoms with Crippen molar-refractivity contribution >= 4 is 22.6 Å². The number of rotatable bonds is 6. The van der Waals surface area contributed by atoms with E-state index in [4.69, 9.17) is 0 Å². The van der Waals surface area contributed by atoms with E-state index in [0.717, 1.165) is 40.2 Å². The van der Waals surface area contributed by atoms with E-state index < -0.39 is 0 Å². The zero-order chi connectivity index (χ0) is 19.4. The summed E-state index contributed by atoms with van der Waals surface area (Å²) in [5.74, 6) is 0.987. The molecule has 0 N–H and O–H groups in total. The molecule has 0 amide bonds. The van der Waals surface area contributed by atoms with Crippen LogP contribution >= 0.6 is 0 Å². The van der Waals surface area contributed by atoms with Crippen LogP contribution in [0.5, 0.6) is 0 Å². The molecule has 1 atom stereocenters. The minimum Gasteiger partial charge on any atom is -0.298 e. The lowest BCUT2D eigenvalue weighted by molar-refractivity contribution is 0.112. The highest BCUT2D eigenvalue weighted by Gasteiger charge is 2.10. The molecule has 0 aliphatic carbocycles. The molecule has 138 valence electrons. The molecule has 1 unspecified atom stereocenters. The minimum atomic E-state index is 0.443. The van der Waals surface area contributed by atoms with E-state index in [1.165, 1.54) is 11.1 Å². The average Bonchev–Trinajstić information content (AvgIpc) is 2.70. The van der Waals surface area contributed by atoms with Crippen molar-refractivity contribution < 1.29 is 4.79 Å². The number of benzene rings is 3. The van der Waals surface area contributed by atoms with Crippen LogP contribution in [0, 0.1) is 0 Å². The van der Waals surface area contributed by atoms with E-state index >= 15 is 0 Å². The summed E-state index contributed by atoms with van der Waals surface area (Å²) in [5, 5.41) is 2.13. The summed E-state index contributed by atoms with van der Waals surface area (Å²) in [7, 11) is 0. The number of allylic oxidation sites excluding steroid dienone is 2. The summed E-state index contributed by atoms with van der Waals surface area (Å²) in [6.07, 6.45) is 4.22. The number of hydrogen-bond acceptors (Lipinski definition) is 1. The van der Waals surface area contributed by atoms with Gasteiger partial charge >= 0.3 is 0 Å². The monoisotopic (exact) mass is 356 g/mol. The largest absolute Gasteiger partial charge is 0.298 e. The number of hydrogen-bond donors (Lipinski definition) is 0. The topological polar surface area (TPSA) is 17.1 Å². The van der Waals surface area contributed by atoms with E-state index in [0.29, 0.717) is 11.8 Å². The van der Waals surface area contributed by atoms with Crippen LogP contribution < -0.4 is 0 Å². The fourth-order valence-electron chi connectivity index (χ4n) is 3.59. The van der Waals surface area contributed by atoms with Crippen LogP contribution in [-0.4, -0.2) is 6.29 Å². The first-order valence-electron chi connectivity index (χ1n) is 9.75. The van der Waals surface area contributed by atoms with Crippen LogP contribution in [0.15, 0.2) is 66.7 Å². The Kier molecular flexibility index (Phi) is 5.91. The summed E-state index contributed by atoms with van der Waals surface area (Å²) in [6, 6.07) is 21.1. The van der Waals surface area contributed by atoms with Crippen molar-refractivity contribution in [2.75, 3.05) is 0 Å². The van der Waals surface area contributed by atoms with Crippen LogP contribution in [0.1, 0.15) is 73.0 Å². The molecule has 1 heteroatoms. The molecular weight excluding hydrogens is 328 g/mol. The number of aldehydes is 1. The molecule has 0 spiro atoms. The first kappa shape index (κ1) is 19.1. The second kappa shape index (κ2) is 8.35. The number of fused-ring (bicyclic) bond motifs is 1. The highest BCUT2D eigenvalue weighted by Crippen LogP contribution is 2.29. The zero-order valence-electron chi connectivity index (χ0n) is 16.7. The quantitative estimate of drug-likeness (QED) is 0.421. The summed E-state index contributed by atoms with van der Waals surface area (Å²) in [6.45, 7) is 8.83. The molecule has 0 aliphatic heterocycles. The Morgan fingerprint density at radius 2 is 1.67 bits per heavy atom. The van der Waals surface area contributed by atoms with Gasteiger partial charge < -0.3 is 0 Å². The van der Waals surface area contributed by atoms with Crippen molar-refractivity contribution in [1.29, 1.82) is 0 Å². The lowest BCUT2D eigenvalue weighted by atomic mass is 9.91. The first-order chi connectivity index (χ1) is 13.0. The third-order valence-corrected chi connectivity index (χ3v) is 5.44. The fraction of sp³-hybridized carbons (Fsp3) is 0.269. The molecule has 0 saturated heterocycles. The van der Waals surface area contributed by atoms with E-state index in [1.807, 2.05) is 18.2 Å². The Morgan fingerprint density at radius 1 is 0.926 bits per heavy atom. The van der Waals surface area contributed by atoms with Crippen molar-refractivity contribution in [3.63, 3.8) is 0 Å². The predicted octanol–water partition coefficient (Wildman–Crippen LogP) is 7.37. The van der Waals surface area contributed by atoms with Gasteiger partial charge in [0.1, 0.15) is 0 Å². The van der Waals surface area contributed by atoms with Crippen LogP contribution in [0.3, 0.4) is 0 Å². The number of carbonyl (C=O) groups is 1. The lowest BCUT2D eigenvalue weighted by Gasteiger charge is -2.14. The fourth-order valence-corrected chi connectivity index (χ4v) is 3.59. The third kappa shape index (κ3) is 4.19. The third-order valence-electron chi connectivity index (χ3n) is 5.44. The SMILES string of the molecule is CC(=CCC(C)c1cccc(C(C)C)c1)c1ccc2ccccc2c1C=O. The van der Waals surface area contributed by atoms with Gasteiger partial charge in [-0.1, -0.05) is 87.5 Å². The maximum absolute atomic E-state index is 11.8. The van der Waals surface area contributed by atoms with Crippen LogP contribution in [0.2, 0.25) is 0 Å². The Hall–Kier alpha value is -2.67.